The maximum atomic E-state index is 12.0. The summed E-state index contributed by atoms with van der Waals surface area (Å²) in [4.78, 5) is 0. The summed E-state index contributed by atoms with van der Waals surface area (Å²) in [5, 5.41) is 22.2. The van der Waals surface area contributed by atoms with Gasteiger partial charge in [0.15, 0.2) is 11.8 Å². The van der Waals surface area contributed by atoms with E-state index in [4.69, 9.17) is 5.26 Å². The second-order valence-electron chi connectivity index (χ2n) is 6.04. The second-order valence-corrected chi connectivity index (χ2v) is 8.67. The van der Waals surface area contributed by atoms with E-state index in [-0.39, 0.29) is 11.7 Å². The van der Waals surface area contributed by atoms with Crippen molar-refractivity contribution in [2.24, 2.45) is 5.92 Å². The van der Waals surface area contributed by atoms with Crippen LogP contribution in [0.4, 0.5) is 0 Å². The average molecular weight is 343 g/mol. The van der Waals surface area contributed by atoms with Crippen LogP contribution in [0.1, 0.15) is 40.0 Å². The number of hydroxylamine groups is 1. The zero-order chi connectivity index (χ0) is 16.3. The van der Waals surface area contributed by atoms with Gasteiger partial charge in [0, 0.05) is 38.1 Å². The van der Waals surface area contributed by atoms with Gasteiger partial charge in [0.1, 0.15) is 0 Å². The van der Waals surface area contributed by atoms with Crippen molar-refractivity contribution in [3.05, 3.63) is 5.21 Å². The third kappa shape index (κ3) is 5.72. The number of nitrogens with zero attached hydrogens (tertiary/aromatic N) is 1. The zero-order valence-electron chi connectivity index (χ0n) is 12.1. The fourth-order valence-electron chi connectivity index (χ4n) is 2.19. The minimum atomic E-state index is -4.29. The summed E-state index contributed by atoms with van der Waals surface area (Å²) in [6, 6.07) is 0. The molecule has 1 aliphatic carbocycles. The third-order valence-electron chi connectivity index (χ3n) is 3.37. The SMILES string of the molecule is CC(C)(C)[N+]([O-])=CC1CCC(SOOO)CC1S(=O)(=O)O. The summed E-state index contributed by atoms with van der Waals surface area (Å²) in [5.74, 6) is -0.566. The minimum absolute atomic E-state index is 0.103. The summed E-state index contributed by atoms with van der Waals surface area (Å²) in [6.07, 6.45) is 2.40. The van der Waals surface area contributed by atoms with Crippen molar-refractivity contribution in [2.75, 3.05) is 0 Å². The van der Waals surface area contributed by atoms with Gasteiger partial charge in [0.2, 0.25) is 0 Å². The smallest absolute Gasteiger partial charge is 0.268 e. The third-order valence-corrected chi connectivity index (χ3v) is 5.52. The molecule has 0 heterocycles. The van der Waals surface area contributed by atoms with Crippen molar-refractivity contribution in [1.29, 1.82) is 0 Å². The molecule has 1 aliphatic rings. The van der Waals surface area contributed by atoms with Gasteiger partial charge in [-0.05, 0) is 19.3 Å². The first-order chi connectivity index (χ1) is 9.55. The zero-order valence-corrected chi connectivity index (χ0v) is 13.8. The molecule has 0 aromatic rings. The lowest BCUT2D eigenvalue weighted by atomic mass is 9.89. The van der Waals surface area contributed by atoms with Gasteiger partial charge in [-0.25, -0.2) is 10.00 Å². The first-order valence-electron chi connectivity index (χ1n) is 6.47. The van der Waals surface area contributed by atoms with Crippen LogP contribution >= 0.6 is 12.0 Å². The Morgan fingerprint density at radius 1 is 1.38 bits per heavy atom. The summed E-state index contributed by atoms with van der Waals surface area (Å²) >= 11 is 0.790. The van der Waals surface area contributed by atoms with E-state index in [0.29, 0.717) is 12.8 Å². The van der Waals surface area contributed by atoms with E-state index >= 15 is 0 Å². The molecule has 0 radical (unpaired) electrons. The summed E-state index contributed by atoms with van der Waals surface area (Å²) in [6.45, 7) is 5.15. The van der Waals surface area contributed by atoms with Crippen molar-refractivity contribution >= 4 is 28.4 Å². The van der Waals surface area contributed by atoms with E-state index in [0.717, 1.165) is 16.8 Å². The van der Waals surface area contributed by atoms with Crippen LogP contribution in [0, 0.1) is 11.1 Å². The fraction of sp³-hybridized carbons (Fsp3) is 0.909. The molecular weight excluding hydrogens is 322 g/mol. The molecule has 1 saturated carbocycles. The molecular formula is C11H21NO7S2. The highest BCUT2D eigenvalue weighted by Crippen LogP contribution is 2.35. The number of hydrogen-bond acceptors (Lipinski definition) is 7. The van der Waals surface area contributed by atoms with Crippen molar-refractivity contribution < 1.29 is 32.3 Å². The monoisotopic (exact) mass is 343 g/mol. The van der Waals surface area contributed by atoms with Crippen LogP contribution in [-0.2, 0) is 19.5 Å². The fourth-order valence-corrected chi connectivity index (χ4v) is 4.10. The van der Waals surface area contributed by atoms with Crippen LogP contribution in [0.25, 0.3) is 0 Å². The molecule has 0 spiro atoms. The van der Waals surface area contributed by atoms with Crippen LogP contribution in [0.2, 0.25) is 0 Å². The molecule has 0 aromatic carbocycles. The number of hydrogen-bond donors (Lipinski definition) is 2. The molecule has 124 valence electrons. The highest BCUT2D eigenvalue weighted by Gasteiger charge is 2.40. The van der Waals surface area contributed by atoms with Gasteiger partial charge in [-0.1, -0.05) is 5.04 Å². The van der Waals surface area contributed by atoms with Gasteiger partial charge >= 0.3 is 0 Å². The van der Waals surface area contributed by atoms with Crippen molar-refractivity contribution in [2.45, 2.75) is 56.1 Å². The Kier molecular flexibility index (Phi) is 6.44. The summed E-state index contributed by atoms with van der Waals surface area (Å²) in [7, 11) is -4.29. The molecule has 21 heavy (non-hydrogen) atoms. The Morgan fingerprint density at radius 2 is 2.00 bits per heavy atom. The lowest BCUT2D eigenvalue weighted by molar-refractivity contribution is -0.533. The molecule has 10 heteroatoms. The van der Waals surface area contributed by atoms with E-state index in [1.807, 2.05) is 0 Å². The molecule has 8 nitrogen and oxygen atoms in total. The Morgan fingerprint density at radius 3 is 2.48 bits per heavy atom. The van der Waals surface area contributed by atoms with Gasteiger partial charge in [-0.2, -0.15) is 8.42 Å². The van der Waals surface area contributed by atoms with Crippen molar-refractivity contribution in [3.63, 3.8) is 0 Å². The van der Waals surface area contributed by atoms with E-state index < -0.39 is 26.8 Å². The van der Waals surface area contributed by atoms with Crippen LogP contribution in [0.5, 0.6) is 0 Å². The first-order valence-corrected chi connectivity index (χ1v) is 8.78. The highest BCUT2D eigenvalue weighted by molar-refractivity contribution is 7.95. The van der Waals surface area contributed by atoms with E-state index in [2.05, 4.69) is 9.37 Å². The Bertz CT molecular complexity index is 471. The minimum Gasteiger partial charge on any atom is -0.624 e. The molecule has 2 N–H and O–H groups in total. The molecule has 3 unspecified atom stereocenters. The first kappa shape index (κ1) is 18.7. The van der Waals surface area contributed by atoms with Gasteiger partial charge in [-0.3, -0.25) is 4.55 Å². The van der Waals surface area contributed by atoms with Gasteiger partial charge in [-0.15, -0.1) is 4.33 Å². The van der Waals surface area contributed by atoms with Gasteiger partial charge in [0.05, 0.1) is 11.2 Å². The molecule has 0 amide bonds. The highest BCUT2D eigenvalue weighted by atomic mass is 32.2. The van der Waals surface area contributed by atoms with Crippen LogP contribution in [0.3, 0.4) is 0 Å². The van der Waals surface area contributed by atoms with E-state index in [1.54, 1.807) is 20.8 Å². The van der Waals surface area contributed by atoms with Gasteiger partial charge < -0.3 is 5.21 Å². The standard InChI is InChI=1S/C11H21NO7S2/c1-11(2,3)12(13)7-8-4-5-9(20-19-18-14)6-10(8)21(15,16)17/h7-10,14H,4-6H2,1-3H3,(H,15,16,17). The Hall–Kier alpha value is -0.390. The molecule has 0 aliphatic heterocycles. The maximum absolute atomic E-state index is 12.0. The topological polar surface area (TPSA) is 119 Å². The molecule has 0 bridgehead atoms. The molecule has 0 aromatic heterocycles. The molecule has 1 fully saturated rings. The number of rotatable bonds is 5. The quantitative estimate of drug-likeness (QED) is 0.148. The van der Waals surface area contributed by atoms with Crippen LogP contribution < -0.4 is 0 Å². The molecule has 0 saturated heterocycles. The Balaban J connectivity index is 2.90. The van der Waals surface area contributed by atoms with Gasteiger partial charge in [0.25, 0.3) is 10.1 Å². The van der Waals surface area contributed by atoms with Crippen LogP contribution in [-0.4, -0.2) is 45.2 Å². The van der Waals surface area contributed by atoms with E-state index in [1.165, 1.54) is 6.21 Å². The Labute approximate surface area is 128 Å². The lowest BCUT2D eigenvalue weighted by Gasteiger charge is -2.31. The maximum Gasteiger partial charge on any atom is 0.268 e. The predicted molar refractivity (Wildman–Crippen MR) is 78.3 cm³/mol. The normalized spacial score (nSPS) is 28.6. The summed E-state index contributed by atoms with van der Waals surface area (Å²) < 4.78 is 37.5. The largest absolute Gasteiger partial charge is 0.624 e. The van der Waals surface area contributed by atoms with Crippen molar-refractivity contribution in [3.8, 4) is 0 Å². The van der Waals surface area contributed by atoms with Crippen molar-refractivity contribution in [1.82, 2.24) is 0 Å². The summed E-state index contributed by atoms with van der Waals surface area (Å²) in [5.41, 5.74) is -0.677. The predicted octanol–water partition coefficient (Wildman–Crippen LogP) is 1.86. The molecule has 1 rings (SSSR count). The van der Waals surface area contributed by atoms with E-state index in [9.17, 15) is 18.2 Å². The average Bonchev–Trinajstić information content (AvgIpc) is 2.35. The second kappa shape index (κ2) is 7.25. The lowest BCUT2D eigenvalue weighted by Crippen LogP contribution is -2.41. The molecule has 3 atom stereocenters. The van der Waals surface area contributed by atoms with Crippen LogP contribution in [0.15, 0.2) is 0 Å².